The number of aliphatic hydroxyl groups is 1. The van der Waals surface area contributed by atoms with Gasteiger partial charge >= 0.3 is 0 Å². The lowest BCUT2D eigenvalue weighted by Gasteiger charge is -2.37. The SMILES string of the molecule is COc1ccc(C(Nc2ncnc3c2ncn3[C@]23C[C@H](O)C[C@H]2C3)(c2ccccc2)c2ccc(OC)cc2)cc1. The highest BCUT2D eigenvalue weighted by molar-refractivity contribution is 5.84. The Bertz CT molecular complexity index is 1600. The van der Waals surface area contributed by atoms with E-state index in [9.17, 15) is 5.11 Å². The van der Waals surface area contributed by atoms with Crippen molar-refractivity contribution < 1.29 is 14.6 Å². The van der Waals surface area contributed by atoms with E-state index in [4.69, 9.17) is 19.4 Å². The van der Waals surface area contributed by atoms with E-state index in [1.807, 2.05) is 48.8 Å². The molecule has 2 N–H and O–H groups in total. The lowest BCUT2D eigenvalue weighted by molar-refractivity contribution is 0.159. The van der Waals surface area contributed by atoms with Crippen molar-refractivity contribution >= 4 is 17.0 Å². The van der Waals surface area contributed by atoms with Gasteiger partial charge in [-0.15, -0.1) is 0 Å². The van der Waals surface area contributed by atoms with Crippen molar-refractivity contribution in [2.75, 3.05) is 19.5 Å². The zero-order valence-corrected chi connectivity index (χ0v) is 22.5. The van der Waals surface area contributed by atoms with Crippen LogP contribution in [0, 0.1) is 5.92 Å². The van der Waals surface area contributed by atoms with Gasteiger partial charge in [0.25, 0.3) is 0 Å². The number of fused-ring (bicyclic) bond motifs is 2. The van der Waals surface area contributed by atoms with Gasteiger partial charge in [0, 0.05) is 0 Å². The van der Waals surface area contributed by atoms with Crippen molar-refractivity contribution in [1.82, 2.24) is 19.5 Å². The molecule has 5 aromatic rings. The molecule has 3 atom stereocenters. The number of ether oxygens (including phenoxy) is 2. The summed E-state index contributed by atoms with van der Waals surface area (Å²) in [6.45, 7) is 0. The fourth-order valence-corrected chi connectivity index (χ4v) is 6.65. The van der Waals surface area contributed by atoms with Gasteiger partial charge in [-0.2, -0.15) is 0 Å². The van der Waals surface area contributed by atoms with Gasteiger partial charge in [0.15, 0.2) is 11.5 Å². The van der Waals surface area contributed by atoms with Crippen LogP contribution < -0.4 is 14.8 Å². The van der Waals surface area contributed by atoms with Crippen LogP contribution in [0.1, 0.15) is 36.0 Å². The Morgan fingerprint density at radius 1 is 0.825 bits per heavy atom. The summed E-state index contributed by atoms with van der Waals surface area (Å²) in [5.41, 5.74) is 3.62. The van der Waals surface area contributed by atoms with Gasteiger partial charge in [-0.05, 0) is 66.1 Å². The van der Waals surface area contributed by atoms with Gasteiger partial charge in [0.05, 0.1) is 32.2 Å². The van der Waals surface area contributed by atoms with Gasteiger partial charge in [-0.3, -0.25) is 0 Å². The third-order valence-electron chi connectivity index (χ3n) is 8.72. The Balaban J connectivity index is 1.42. The molecule has 0 spiro atoms. The highest BCUT2D eigenvalue weighted by Crippen LogP contribution is 2.62. The normalized spacial score (nSPS) is 21.7. The molecular formula is C32H31N5O3. The van der Waals surface area contributed by atoms with Gasteiger partial charge < -0.3 is 24.5 Å². The summed E-state index contributed by atoms with van der Waals surface area (Å²) in [5, 5.41) is 14.2. The maximum Gasteiger partial charge on any atom is 0.165 e. The number of nitrogens with one attached hydrogen (secondary N) is 1. The van der Waals surface area contributed by atoms with Crippen molar-refractivity contribution in [1.29, 1.82) is 0 Å². The zero-order chi connectivity index (χ0) is 27.3. The maximum absolute atomic E-state index is 10.3. The molecule has 8 heteroatoms. The molecule has 40 heavy (non-hydrogen) atoms. The summed E-state index contributed by atoms with van der Waals surface area (Å²) in [6, 6.07) is 26.5. The van der Waals surface area contributed by atoms with E-state index in [0.717, 1.165) is 53.1 Å². The lowest BCUT2D eigenvalue weighted by Crippen LogP contribution is -2.38. The largest absolute Gasteiger partial charge is 0.497 e. The molecule has 2 aliphatic rings. The molecule has 0 aliphatic heterocycles. The molecule has 202 valence electrons. The summed E-state index contributed by atoms with van der Waals surface area (Å²) in [6.07, 6.45) is 5.82. The predicted octanol–water partition coefficient (Wildman–Crippen LogP) is 5.12. The second kappa shape index (κ2) is 9.34. The molecule has 2 fully saturated rings. The number of aromatic nitrogens is 4. The molecule has 0 unspecified atom stereocenters. The van der Waals surface area contributed by atoms with Crippen LogP contribution >= 0.6 is 0 Å². The number of benzene rings is 3. The zero-order valence-electron chi connectivity index (χ0n) is 22.5. The average molecular weight is 534 g/mol. The summed E-state index contributed by atoms with van der Waals surface area (Å²) in [7, 11) is 3.34. The summed E-state index contributed by atoms with van der Waals surface area (Å²) < 4.78 is 13.1. The van der Waals surface area contributed by atoms with Crippen LogP contribution in [0.25, 0.3) is 11.2 Å². The van der Waals surface area contributed by atoms with Crippen molar-refractivity contribution in [2.45, 2.75) is 36.4 Å². The van der Waals surface area contributed by atoms with Gasteiger partial charge in [-0.25, -0.2) is 15.0 Å². The molecule has 8 nitrogen and oxygen atoms in total. The number of hydrogen-bond acceptors (Lipinski definition) is 7. The fourth-order valence-electron chi connectivity index (χ4n) is 6.65. The Morgan fingerprint density at radius 3 is 2.02 bits per heavy atom. The third kappa shape index (κ3) is 3.74. The van der Waals surface area contributed by atoms with Crippen LogP contribution in [0.2, 0.25) is 0 Å². The molecule has 2 heterocycles. The number of methoxy groups -OCH3 is 2. The molecule has 0 radical (unpaired) electrons. The smallest absolute Gasteiger partial charge is 0.165 e. The van der Waals surface area contributed by atoms with E-state index in [-0.39, 0.29) is 11.6 Å². The first-order valence-electron chi connectivity index (χ1n) is 13.6. The lowest BCUT2D eigenvalue weighted by atomic mass is 9.77. The molecule has 2 aliphatic carbocycles. The molecule has 7 rings (SSSR count). The number of hydrogen-bond donors (Lipinski definition) is 2. The Labute approximate surface area is 232 Å². The molecule has 2 saturated carbocycles. The summed E-state index contributed by atoms with van der Waals surface area (Å²) >= 11 is 0. The first-order chi connectivity index (χ1) is 19.6. The first kappa shape index (κ1) is 24.6. The van der Waals surface area contributed by atoms with E-state index in [2.05, 4.69) is 51.3 Å². The van der Waals surface area contributed by atoms with E-state index in [1.165, 1.54) is 0 Å². The highest BCUT2D eigenvalue weighted by atomic mass is 16.5. The second-order valence-corrected chi connectivity index (χ2v) is 10.8. The minimum Gasteiger partial charge on any atom is -0.497 e. The van der Waals surface area contributed by atoms with Crippen molar-refractivity contribution in [2.24, 2.45) is 5.92 Å². The number of rotatable bonds is 8. The topological polar surface area (TPSA) is 94.3 Å². The van der Waals surface area contributed by atoms with Crippen LogP contribution in [0.15, 0.2) is 91.5 Å². The minimum atomic E-state index is -0.825. The maximum atomic E-state index is 10.3. The van der Waals surface area contributed by atoms with E-state index in [0.29, 0.717) is 17.3 Å². The van der Waals surface area contributed by atoms with Crippen LogP contribution in [0.5, 0.6) is 11.5 Å². The first-order valence-corrected chi connectivity index (χ1v) is 13.6. The quantitative estimate of drug-likeness (QED) is 0.268. The van der Waals surface area contributed by atoms with E-state index in [1.54, 1.807) is 20.5 Å². The fraction of sp³-hybridized carbons (Fsp3) is 0.281. The second-order valence-electron chi connectivity index (χ2n) is 10.8. The van der Waals surface area contributed by atoms with Crippen molar-refractivity contribution in [3.63, 3.8) is 0 Å². The summed E-state index contributed by atoms with van der Waals surface area (Å²) in [4.78, 5) is 14.2. The Morgan fingerprint density at radius 2 is 1.45 bits per heavy atom. The van der Waals surface area contributed by atoms with Crippen LogP contribution in [-0.4, -0.2) is 44.9 Å². The average Bonchev–Trinajstić information content (AvgIpc) is 3.32. The van der Waals surface area contributed by atoms with Gasteiger partial charge in [-0.1, -0.05) is 54.6 Å². The number of aliphatic hydroxyl groups excluding tert-OH is 1. The Kier molecular flexibility index (Phi) is 5.75. The predicted molar refractivity (Wildman–Crippen MR) is 153 cm³/mol. The number of anilines is 1. The highest BCUT2D eigenvalue weighted by Gasteiger charge is 2.62. The standard InChI is InChI=1S/C32H31N5O3/c1-39-26-12-8-22(9-13-26)32(21-6-4-3-5-7-21,23-10-14-27(40-2)15-11-23)36-29-28-30(34-19-33-29)37(20-35-28)31-17-24(31)16-25(38)18-31/h3-15,19-20,24-25,38H,16-18H2,1-2H3,(H,33,34,36)/t24-,25+,31+/m0/s1. The van der Waals surface area contributed by atoms with Crippen molar-refractivity contribution in [3.05, 3.63) is 108 Å². The molecule has 2 aromatic heterocycles. The molecule has 0 saturated heterocycles. The summed E-state index contributed by atoms with van der Waals surface area (Å²) in [5.74, 6) is 2.65. The van der Waals surface area contributed by atoms with Crippen LogP contribution in [0.4, 0.5) is 5.82 Å². The molecule has 0 amide bonds. The van der Waals surface area contributed by atoms with E-state index < -0.39 is 5.54 Å². The number of imidazole rings is 1. The molecular weight excluding hydrogens is 502 g/mol. The molecule has 0 bridgehead atoms. The van der Waals surface area contributed by atoms with Gasteiger partial charge in [0.1, 0.15) is 28.9 Å². The minimum absolute atomic E-state index is 0.0950. The van der Waals surface area contributed by atoms with Gasteiger partial charge in [0.2, 0.25) is 0 Å². The Hall–Kier alpha value is -4.43. The number of nitrogens with zero attached hydrogens (tertiary/aromatic N) is 4. The molecule has 3 aromatic carbocycles. The monoisotopic (exact) mass is 533 g/mol. The van der Waals surface area contributed by atoms with Crippen LogP contribution in [0.3, 0.4) is 0 Å². The van der Waals surface area contributed by atoms with Crippen LogP contribution in [-0.2, 0) is 11.1 Å². The van der Waals surface area contributed by atoms with Crippen molar-refractivity contribution in [3.8, 4) is 11.5 Å². The third-order valence-corrected chi connectivity index (χ3v) is 8.72. The van der Waals surface area contributed by atoms with E-state index >= 15 is 0 Å².